The third-order valence-electron chi connectivity index (χ3n) is 4.48. The first-order chi connectivity index (χ1) is 12.5. The van der Waals surface area contributed by atoms with E-state index in [4.69, 9.17) is 0 Å². The summed E-state index contributed by atoms with van der Waals surface area (Å²) in [5.41, 5.74) is 0.405. The topological polar surface area (TPSA) is 69.6 Å². The van der Waals surface area contributed by atoms with Gasteiger partial charge in [0.15, 0.2) is 0 Å². The van der Waals surface area contributed by atoms with Gasteiger partial charge in [-0.25, -0.2) is 4.39 Å². The van der Waals surface area contributed by atoms with Gasteiger partial charge in [0.05, 0.1) is 12.5 Å². The van der Waals surface area contributed by atoms with Crippen LogP contribution < -0.4 is 5.32 Å². The van der Waals surface area contributed by atoms with Crippen molar-refractivity contribution >= 4 is 23.2 Å². The van der Waals surface area contributed by atoms with Gasteiger partial charge >= 0.3 is 0 Å². The lowest BCUT2D eigenvalue weighted by Gasteiger charge is -2.24. The second-order valence-electron chi connectivity index (χ2n) is 6.32. The zero-order chi connectivity index (χ0) is 18.5. The molecular formula is C19H21FN2O3S. The average Bonchev–Trinajstić information content (AvgIpc) is 3.30. The van der Waals surface area contributed by atoms with Gasteiger partial charge < -0.3 is 15.3 Å². The normalized spacial score (nSPS) is 17.9. The Kier molecular flexibility index (Phi) is 6.00. The molecule has 1 aliphatic rings. The number of thiophene rings is 1. The van der Waals surface area contributed by atoms with Crippen LogP contribution in [0.2, 0.25) is 0 Å². The third-order valence-corrected chi connectivity index (χ3v) is 5.36. The van der Waals surface area contributed by atoms with Crippen molar-refractivity contribution < 1.29 is 19.1 Å². The summed E-state index contributed by atoms with van der Waals surface area (Å²) in [6, 6.07) is 8.94. The van der Waals surface area contributed by atoms with Crippen LogP contribution >= 0.6 is 11.3 Å². The van der Waals surface area contributed by atoms with Gasteiger partial charge in [-0.1, -0.05) is 18.2 Å². The summed E-state index contributed by atoms with van der Waals surface area (Å²) >= 11 is 1.52. The molecule has 1 aromatic carbocycles. The second-order valence-corrected chi connectivity index (χ2v) is 7.35. The number of amides is 2. The van der Waals surface area contributed by atoms with Gasteiger partial charge in [0, 0.05) is 18.0 Å². The SMILES string of the molecule is O=C(NCC(O)c1cccc(F)c1)C1CCCN1C(=O)Cc1cccs1. The van der Waals surface area contributed by atoms with E-state index in [-0.39, 0.29) is 18.4 Å². The van der Waals surface area contributed by atoms with Crippen LogP contribution in [-0.4, -0.2) is 41.0 Å². The Morgan fingerprint density at radius 3 is 2.92 bits per heavy atom. The van der Waals surface area contributed by atoms with E-state index in [1.165, 1.54) is 29.5 Å². The molecule has 1 aromatic heterocycles. The molecule has 2 unspecified atom stereocenters. The largest absolute Gasteiger partial charge is 0.387 e. The maximum atomic E-state index is 13.2. The van der Waals surface area contributed by atoms with Crippen LogP contribution in [0.25, 0.3) is 0 Å². The van der Waals surface area contributed by atoms with E-state index in [1.807, 2.05) is 17.5 Å². The molecule has 5 nitrogen and oxygen atoms in total. The molecule has 1 fully saturated rings. The number of hydrogen-bond donors (Lipinski definition) is 2. The van der Waals surface area contributed by atoms with E-state index in [2.05, 4.69) is 5.32 Å². The molecule has 2 heterocycles. The van der Waals surface area contributed by atoms with Gasteiger partial charge in [0.25, 0.3) is 0 Å². The van der Waals surface area contributed by atoms with Crippen molar-refractivity contribution in [3.8, 4) is 0 Å². The lowest BCUT2D eigenvalue weighted by Crippen LogP contribution is -2.47. The standard InChI is InChI=1S/C19H21FN2O3S/c20-14-5-1-4-13(10-14)17(23)12-21-19(25)16-7-2-8-22(16)18(24)11-15-6-3-9-26-15/h1,3-6,9-10,16-17,23H,2,7-8,11-12H2,(H,21,25). The quantitative estimate of drug-likeness (QED) is 0.813. The number of aliphatic hydroxyl groups is 1. The monoisotopic (exact) mass is 376 g/mol. The molecule has 0 saturated carbocycles. The fourth-order valence-electron chi connectivity index (χ4n) is 3.15. The highest BCUT2D eigenvalue weighted by Gasteiger charge is 2.34. The van der Waals surface area contributed by atoms with E-state index in [0.29, 0.717) is 24.9 Å². The van der Waals surface area contributed by atoms with Crippen LogP contribution in [0.5, 0.6) is 0 Å². The Morgan fingerprint density at radius 1 is 1.35 bits per heavy atom. The first-order valence-corrected chi connectivity index (χ1v) is 9.45. The van der Waals surface area contributed by atoms with Crippen LogP contribution in [-0.2, 0) is 16.0 Å². The molecule has 2 amide bonds. The average molecular weight is 376 g/mol. The molecule has 0 radical (unpaired) electrons. The van der Waals surface area contributed by atoms with Crippen molar-refractivity contribution in [3.63, 3.8) is 0 Å². The Hall–Kier alpha value is -2.25. The van der Waals surface area contributed by atoms with Crippen molar-refractivity contribution in [2.24, 2.45) is 0 Å². The third kappa shape index (κ3) is 4.47. The molecular weight excluding hydrogens is 355 g/mol. The molecule has 0 aliphatic carbocycles. The number of hydrogen-bond acceptors (Lipinski definition) is 4. The number of nitrogens with zero attached hydrogens (tertiary/aromatic N) is 1. The van der Waals surface area contributed by atoms with Gasteiger partial charge in [-0.05, 0) is 42.0 Å². The second kappa shape index (κ2) is 8.42. The smallest absolute Gasteiger partial charge is 0.242 e. The minimum atomic E-state index is -0.994. The molecule has 2 N–H and O–H groups in total. The molecule has 7 heteroatoms. The molecule has 138 valence electrons. The van der Waals surface area contributed by atoms with Crippen molar-refractivity contribution in [1.29, 1.82) is 0 Å². The van der Waals surface area contributed by atoms with Crippen LogP contribution in [0, 0.1) is 5.82 Å². The first-order valence-electron chi connectivity index (χ1n) is 8.57. The minimum Gasteiger partial charge on any atom is -0.387 e. The summed E-state index contributed by atoms with van der Waals surface area (Å²) in [7, 11) is 0. The summed E-state index contributed by atoms with van der Waals surface area (Å²) < 4.78 is 13.2. The molecule has 2 atom stereocenters. The Labute approximate surface area is 155 Å². The van der Waals surface area contributed by atoms with Crippen molar-refractivity contribution in [2.75, 3.05) is 13.1 Å². The Balaban J connectivity index is 1.55. The summed E-state index contributed by atoms with van der Waals surface area (Å²) in [5.74, 6) is -0.776. The summed E-state index contributed by atoms with van der Waals surface area (Å²) in [5, 5.41) is 14.7. The predicted molar refractivity (Wildman–Crippen MR) is 97.1 cm³/mol. The number of halogens is 1. The summed E-state index contributed by atoms with van der Waals surface area (Å²) in [4.78, 5) is 27.6. The molecule has 3 rings (SSSR count). The zero-order valence-corrected chi connectivity index (χ0v) is 15.0. The maximum Gasteiger partial charge on any atom is 0.242 e. The van der Waals surface area contributed by atoms with Crippen molar-refractivity contribution in [1.82, 2.24) is 10.2 Å². The van der Waals surface area contributed by atoms with Crippen LogP contribution in [0.15, 0.2) is 41.8 Å². The molecule has 26 heavy (non-hydrogen) atoms. The van der Waals surface area contributed by atoms with E-state index in [9.17, 15) is 19.1 Å². The van der Waals surface area contributed by atoms with E-state index < -0.39 is 18.0 Å². The van der Waals surface area contributed by atoms with Crippen LogP contribution in [0.4, 0.5) is 4.39 Å². The number of carbonyl (C=O) groups excluding carboxylic acids is 2. The Morgan fingerprint density at radius 2 is 2.19 bits per heavy atom. The number of rotatable bonds is 6. The molecule has 2 aromatic rings. The number of likely N-dealkylation sites (tertiary alicyclic amines) is 1. The van der Waals surface area contributed by atoms with Crippen LogP contribution in [0.1, 0.15) is 29.4 Å². The van der Waals surface area contributed by atoms with Gasteiger partial charge in [0.2, 0.25) is 11.8 Å². The lowest BCUT2D eigenvalue weighted by molar-refractivity contribution is -0.138. The van der Waals surface area contributed by atoms with Crippen molar-refractivity contribution in [2.45, 2.75) is 31.4 Å². The summed E-state index contributed by atoms with van der Waals surface area (Å²) in [6.45, 7) is 0.542. The van der Waals surface area contributed by atoms with Gasteiger partial charge in [-0.3, -0.25) is 9.59 Å². The highest BCUT2D eigenvalue weighted by atomic mass is 32.1. The molecule has 0 bridgehead atoms. The molecule has 1 saturated heterocycles. The van der Waals surface area contributed by atoms with E-state index >= 15 is 0 Å². The summed E-state index contributed by atoms with van der Waals surface area (Å²) in [6.07, 6.45) is 0.693. The number of carbonyl (C=O) groups is 2. The number of benzene rings is 1. The number of aliphatic hydroxyl groups excluding tert-OH is 1. The maximum absolute atomic E-state index is 13.2. The van der Waals surface area contributed by atoms with Gasteiger partial charge in [-0.2, -0.15) is 0 Å². The fraction of sp³-hybridized carbons (Fsp3) is 0.368. The zero-order valence-electron chi connectivity index (χ0n) is 14.2. The molecule has 1 aliphatic heterocycles. The molecule has 0 spiro atoms. The highest BCUT2D eigenvalue weighted by Crippen LogP contribution is 2.21. The minimum absolute atomic E-state index is 0.0221. The first kappa shape index (κ1) is 18.5. The fourth-order valence-corrected chi connectivity index (χ4v) is 3.84. The van der Waals surface area contributed by atoms with Crippen LogP contribution in [0.3, 0.4) is 0 Å². The van der Waals surface area contributed by atoms with E-state index in [1.54, 1.807) is 11.0 Å². The van der Waals surface area contributed by atoms with Crippen molar-refractivity contribution in [3.05, 3.63) is 58.0 Å². The van der Waals surface area contributed by atoms with Gasteiger partial charge in [0.1, 0.15) is 11.9 Å². The number of nitrogens with one attached hydrogen (secondary N) is 1. The van der Waals surface area contributed by atoms with Gasteiger partial charge in [-0.15, -0.1) is 11.3 Å². The predicted octanol–water partition coefficient (Wildman–Crippen LogP) is 2.27. The lowest BCUT2D eigenvalue weighted by atomic mass is 10.1. The highest BCUT2D eigenvalue weighted by molar-refractivity contribution is 7.10. The van der Waals surface area contributed by atoms with E-state index in [0.717, 1.165) is 11.3 Å². The Bertz CT molecular complexity index is 766.